The minimum Gasteiger partial charge on any atom is -0.344 e. The Balaban J connectivity index is 1.47. The molecule has 106 valence electrons. The van der Waals surface area contributed by atoms with Gasteiger partial charge < -0.3 is 4.90 Å². The van der Waals surface area contributed by atoms with Gasteiger partial charge in [-0.15, -0.1) is 0 Å². The molecule has 1 fully saturated rings. The van der Waals surface area contributed by atoms with Crippen molar-refractivity contribution in [1.82, 2.24) is 14.3 Å². The average molecular weight is 288 g/mol. The maximum absolute atomic E-state index is 4.47. The summed E-state index contributed by atoms with van der Waals surface area (Å²) in [6.45, 7) is 7.45. The highest BCUT2D eigenvalue weighted by atomic mass is 32.1. The molecule has 0 bridgehead atoms. The van der Waals surface area contributed by atoms with E-state index in [2.05, 4.69) is 49.5 Å². The van der Waals surface area contributed by atoms with Crippen LogP contribution in [0.3, 0.4) is 0 Å². The smallest absolute Gasteiger partial charge is 0.205 e. The highest BCUT2D eigenvalue weighted by molar-refractivity contribution is 7.09. The summed E-state index contributed by atoms with van der Waals surface area (Å²) >= 11 is 1.51. The lowest BCUT2D eigenvalue weighted by molar-refractivity contribution is 0.261. The summed E-state index contributed by atoms with van der Waals surface area (Å²) in [5.74, 6) is 0.886. The summed E-state index contributed by atoms with van der Waals surface area (Å²) in [4.78, 5) is 9.36. The third-order valence-electron chi connectivity index (χ3n) is 3.72. The monoisotopic (exact) mass is 288 g/mol. The molecule has 0 aliphatic carbocycles. The maximum atomic E-state index is 4.47. The van der Waals surface area contributed by atoms with Gasteiger partial charge in [0, 0.05) is 44.3 Å². The molecule has 2 aromatic rings. The number of piperazine rings is 1. The van der Waals surface area contributed by atoms with Crippen molar-refractivity contribution < 1.29 is 0 Å². The van der Waals surface area contributed by atoms with E-state index >= 15 is 0 Å². The van der Waals surface area contributed by atoms with Gasteiger partial charge in [-0.3, -0.25) is 4.90 Å². The number of rotatable bonds is 4. The summed E-state index contributed by atoms with van der Waals surface area (Å²) in [5.41, 5.74) is 1.43. The molecule has 1 aromatic carbocycles. The van der Waals surface area contributed by atoms with Gasteiger partial charge in [0.15, 0.2) is 0 Å². The van der Waals surface area contributed by atoms with Gasteiger partial charge in [-0.25, -0.2) is 4.98 Å². The quantitative estimate of drug-likeness (QED) is 0.863. The van der Waals surface area contributed by atoms with E-state index in [9.17, 15) is 0 Å². The van der Waals surface area contributed by atoms with E-state index in [1.807, 2.05) is 6.92 Å². The average Bonchev–Trinajstić information content (AvgIpc) is 2.93. The lowest BCUT2D eigenvalue weighted by atomic mass is 10.1. The molecule has 5 heteroatoms. The number of anilines is 1. The molecule has 1 saturated heterocycles. The zero-order valence-corrected chi connectivity index (χ0v) is 12.6. The van der Waals surface area contributed by atoms with E-state index in [0.29, 0.717) is 0 Å². The van der Waals surface area contributed by atoms with Crippen LogP contribution < -0.4 is 4.90 Å². The molecule has 0 spiro atoms. The van der Waals surface area contributed by atoms with Crippen LogP contribution in [0, 0.1) is 6.92 Å². The molecule has 1 aromatic heterocycles. The fourth-order valence-corrected chi connectivity index (χ4v) is 3.23. The van der Waals surface area contributed by atoms with E-state index in [4.69, 9.17) is 0 Å². The van der Waals surface area contributed by atoms with Crippen LogP contribution in [0.1, 0.15) is 11.4 Å². The Labute approximate surface area is 124 Å². The van der Waals surface area contributed by atoms with Crippen molar-refractivity contribution in [3.8, 4) is 0 Å². The lowest BCUT2D eigenvalue weighted by Crippen LogP contribution is -2.47. The van der Waals surface area contributed by atoms with Gasteiger partial charge in [0.05, 0.1) is 0 Å². The molecule has 3 rings (SSSR count). The van der Waals surface area contributed by atoms with Gasteiger partial charge in [-0.2, -0.15) is 4.37 Å². The Kier molecular flexibility index (Phi) is 4.28. The Morgan fingerprint density at radius 3 is 2.50 bits per heavy atom. The predicted octanol–water partition coefficient (Wildman–Crippen LogP) is 2.21. The highest BCUT2D eigenvalue weighted by Crippen LogP contribution is 2.18. The van der Waals surface area contributed by atoms with Crippen LogP contribution in [0.2, 0.25) is 0 Å². The predicted molar refractivity (Wildman–Crippen MR) is 83.4 cm³/mol. The van der Waals surface area contributed by atoms with Crippen LogP contribution in [0.25, 0.3) is 0 Å². The lowest BCUT2D eigenvalue weighted by Gasteiger charge is -2.34. The SMILES string of the molecule is Cc1nsc(N2CCN(CCc3ccccc3)CC2)n1. The number of aryl methyl sites for hydroxylation is 1. The van der Waals surface area contributed by atoms with E-state index < -0.39 is 0 Å². The summed E-state index contributed by atoms with van der Waals surface area (Å²) in [6, 6.07) is 10.7. The first-order valence-electron chi connectivity index (χ1n) is 7.13. The minimum atomic E-state index is 0.886. The topological polar surface area (TPSA) is 32.3 Å². The number of hydrogen-bond donors (Lipinski definition) is 0. The molecular formula is C15H20N4S. The van der Waals surface area contributed by atoms with Gasteiger partial charge in [-0.1, -0.05) is 30.3 Å². The fraction of sp³-hybridized carbons (Fsp3) is 0.467. The second kappa shape index (κ2) is 6.33. The molecule has 0 radical (unpaired) electrons. The van der Waals surface area contributed by atoms with Gasteiger partial charge >= 0.3 is 0 Å². The summed E-state index contributed by atoms with van der Waals surface area (Å²) in [5, 5.41) is 1.07. The van der Waals surface area contributed by atoms with Crippen LogP contribution in [-0.2, 0) is 6.42 Å². The van der Waals surface area contributed by atoms with E-state index in [0.717, 1.165) is 50.1 Å². The number of nitrogens with zero attached hydrogens (tertiary/aromatic N) is 4. The maximum Gasteiger partial charge on any atom is 0.205 e. The summed E-state index contributed by atoms with van der Waals surface area (Å²) < 4.78 is 4.26. The molecule has 1 aliphatic rings. The molecule has 1 aliphatic heterocycles. The Morgan fingerprint density at radius 1 is 1.10 bits per heavy atom. The van der Waals surface area contributed by atoms with Crippen LogP contribution in [0.5, 0.6) is 0 Å². The van der Waals surface area contributed by atoms with E-state index in [1.165, 1.54) is 17.1 Å². The van der Waals surface area contributed by atoms with Crippen LogP contribution >= 0.6 is 11.5 Å². The van der Waals surface area contributed by atoms with Crippen molar-refractivity contribution in [3.05, 3.63) is 41.7 Å². The Morgan fingerprint density at radius 2 is 1.85 bits per heavy atom. The number of aromatic nitrogens is 2. The van der Waals surface area contributed by atoms with Crippen molar-refractivity contribution >= 4 is 16.7 Å². The normalized spacial score (nSPS) is 16.6. The molecule has 0 unspecified atom stereocenters. The second-order valence-electron chi connectivity index (χ2n) is 5.19. The Hall–Kier alpha value is -1.46. The first kappa shape index (κ1) is 13.5. The molecule has 0 atom stereocenters. The summed E-state index contributed by atoms with van der Waals surface area (Å²) in [7, 11) is 0. The minimum absolute atomic E-state index is 0.886. The fourth-order valence-electron chi connectivity index (χ4n) is 2.51. The van der Waals surface area contributed by atoms with Crippen LogP contribution in [0.15, 0.2) is 30.3 Å². The molecule has 0 amide bonds. The van der Waals surface area contributed by atoms with Crippen molar-refractivity contribution in [2.45, 2.75) is 13.3 Å². The molecule has 4 nitrogen and oxygen atoms in total. The molecule has 0 saturated carbocycles. The third kappa shape index (κ3) is 3.35. The zero-order valence-electron chi connectivity index (χ0n) is 11.8. The Bertz CT molecular complexity index is 532. The molecule has 2 heterocycles. The van der Waals surface area contributed by atoms with Crippen molar-refractivity contribution in [2.24, 2.45) is 0 Å². The second-order valence-corrected chi connectivity index (χ2v) is 5.92. The summed E-state index contributed by atoms with van der Waals surface area (Å²) in [6.07, 6.45) is 1.14. The van der Waals surface area contributed by atoms with Crippen molar-refractivity contribution in [1.29, 1.82) is 0 Å². The third-order valence-corrected chi connectivity index (χ3v) is 4.59. The van der Waals surface area contributed by atoms with Crippen LogP contribution in [0.4, 0.5) is 5.13 Å². The van der Waals surface area contributed by atoms with Crippen LogP contribution in [-0.4, -0.2) is 47.0 Å². The molecule has 20 heavy (non-hydrogen) atoms. The largest absolute Gasteiger partial charge is 0.344 e. The van der Waals surface area contributed by atoms with E-state index in [-0.39, 0.29) is 0 Å². The van der Waals surface area contributed by atoms with Gasteiger partial charge in [-0.05, 0) is 18.9 Å². The number of benzene rings is 1. The molecule has 0 N–H and O–H groups in total. The first-order chi connectivity index (χ1) is 9.81. The standard InChI is InChI=1S/C15H20N4S/c1-13-16-15(20-17-13)19-11-9-18(10-12-19)8-7-14-5-3-2-4-6-14/h2-6H,7-12H2,1H3. The van der Waals surface area contributed by atoms with Gasteiger partial charge in [0.25, 0.3) is 0 Å². The van der Waals surface area contributed by atoms with Crippen molar-refractivity contribution in [3.63, 3.8) is 0 Å². The highest BCUT2D eigenvalue weighted by Gasteiger charge is 2.19. The van der Waals surface area contributed by atoms with Gasteiger partial charge in [0.1, 0.15) is 5.82 Å². The zero-order chi connectivity index (χ0) is 13.8. The molecular weight excluding hydrogens is 268 g/mol. The number of hydrogen-bond acceptors (Lipinski definition) is 5. The van der Waals surface area contributed by atoms with Crippen molar-refractivity contribution in [2.75, 3.05) is 37.6 Å². The van der Waals surface area contributed by atoms with Gasteiger partial charge in [0.2, 0.25) is 5.13 Å². The first-order valence-corrected chi connectivity index (χ1v) is 7.90. The van der Waals surface area contributed by atoms with E-state index in [1.54, 1.807) is 0 Å².